The Labute approximate surface area is 100 Å². The van der Waals surface area contributed by atoms with Gasteiger partial charge in [0.05, 0.1) is 5.56 Å². The minimum Gasteiger partial charge on any atom is -0.504 e. The number of carbonyl (C=O) groups excluding carboxylic acids is 1. The first-order valence-electron chi connectivity index (χ1n) is 5.80. The smallest absolute Gasteiger partial charge is 0.231 e. The summed E-state index contributed by atoms with van der Waals surface area (Å²) in [7, 11) is 0. The maximum absolute atomic E-state index is 11.6. The number of aryl methyl sites for hydroxylation is 1. The third-order valence-corrected chi connectivity index (χ3v) is 2.87. The Morgan fingerprint density at radius 2 is 2.24 bits per heavy atom. The van der Waals surface area contributed by atoms with Crippen molar-refractivity contribution in [3.05, 3.63) is 17.2 Å². The average Bonchev–Trinajstić information content (AvgIpc) is 2.74. The van der Waals surface area contributed by atoms with Gasteiger partial charge in [-0.15, -0.1) is 0 Å². The van der Waals surface area contributed by atoms with E-state index in [2.05, 4.69) is 6.92 Å². The van der Waals surface area contributed by atoms with Gasteiger partial charge in [0, 0.05) is 0 Å². The molecule has 1 N–H and O–H groups in total. The van der Waals surface area contributed by atoms with Crippen molar-refractivity contribution in [1.29, 1.82) is 0 Å². The summed E-state index contributed by atoms with van der Waals surface area (Å²) in [6, 6.07) is 1.80. The lowest BCUT2D eigenvalue weighted by Crippen LogP contribution is -2.01. The SMILES string of the molecule is CCCCc1cc2c(c(O)c1C(C)=O)OCO2. The third kappa shape index (κ3) is 2.07. The van der Waals surface area contributed by atoms with Crippen LogP contribution in [0.4, 0.5) is 0 Å². The second-order valence-electron chi connectivity index (χ2n) is 4.15. The molecule has 1 aromatic carbocycles. The van der Waals surface area contributed by atoms with E-state index in [1.807, 2.05) is 0 Å². The molecule has 0 spiro atoms. The van der Waals surface area contributed by atoms with Gasteiger partial charge in [0.25, 0.3) is 0 Å². The Kier molecular flexibility index (Phi) is 3.22. The maximum atomic E-state index is 11.6. The lowest BCUT2D eigenvalue weighted by molar-refractivity contribution is 0.101. The molecule has 0 aromatic heterocycles. The highest BCUT2D eigenvalue weighted by Crippen LogP contribution is 2.44. The van der Waals surface area contributed by atoms with Crippen LogP contribution >= 0.6 is 0 Å². The predicted octanol–water partition coefficient (Wildman–Crippen LogP) is 2.67. The lowest BCUT2D eigenvalue weighted by Gasteiger charge is -2.11. The Balaban J connectivity index is 2.49. The van der Waals surface area contributed by atoms with E-state index in [9.17, 15) is 9.90 Å². The first-order valence-corrected chi connectivity index (χ1v) is 5.80. The van der Waals surface area contributed by atoms with E-state index in [1.54, 1.807) is 6.07 Å². The first-order chi connectivity index (χ1) is 8.15. The number of aromatic hydroxyl groups is 1. The molecule has 1 aliphatic heterocycles. The highest BCUT2D eigenvalue weighted by Gasteiger charge is 2.25. The van der Waals surface area contributed by atoms with Gasteiger partial charge in [-0.05, 0) is 31.4 Å². The van der Waals surface area contributed by atoms with Gasteiger partial charge >= 0.3 is 0 Å². The maximum Gasteiger partial charge on any atom is 0.231 e. The molecule has 2 rings (SSSR count). The zero-order valence-corrected chi connectivity index (χ0v) is 10.1. The summed E-state index contributed by atoms with van der Waals surface area (Å²) in [6.07, 6.45) is 2.77. The summed E-state index contributed by atoms with van der Waals surface area (Å²) in [5.74, 6) is 0.583. The normalized spacial score (nSPS) is 12.8. The van der Waals surface area contributed by atoms with Crippen molar-refractivity contribution in [2.75, 3.05) is 6.79 Å². The summed E-state index contributed by atoms with van der Waals surface area (Å²) in [5, 5.41) is 10.0. The van der Waals surface area contributed by atoms with Crippen molar-refractivity contribution in [2.24, 2.45) is 0 Å². The van der Waals surface area contributed by atoms with Crippen molar-refractivity contribution in [1.82, 2.24) is 0 Å². The Morgan fingerprint density at radius 3 is 2.88 bits per heavy atom. The van der Waals surface area contributed by atoms with Gasteiger partial charge in [0.1, 0.15) is 0 Å². The molecule has 1 aromatic rings. The molecule has 4 nitrogen and oxygen atoms in total. The molecule has 0 fully saturated rings. The number of hydrogen-bond donors (Lipinski definition) is 1. The molecular weight excluding hydrogens is 220 g/mol. The number of fused-ring (bicyclic) bond motifs is 1. The molecule has 0 unspecified atom stereocenters. The van der Waals surface area contributed by atoms with Gasteiger partial charge in [-0.3, -0.25) is 4.79 Å². The summed E-state index contributed by atoms with van der Waals surface area (Å²) in [6.45, 7) is 3.63. The van der Waals surface area contributed by atoms with Crippen molar-refractivity contribution >= 4 is 5.78 Å². The quantitative estimate of drug-likeness (QED) is 0.816. The highest BCUT2D eigenvalue weighted by atomic mass is 16.7. The van der Waals surface area contributed by atoms with E-state index in [0.29, 0.717) is 11.3 Å². The monoisotopic (exact) mass is 236 g/mol. The van der Waals surface area contributed by atoms with Crippen LogP contribution in [0.2, 0.25) is 0 Å². The fourth-order valence-corrected chi connectivity index (χ4v) is 2.03. The standard InChI is InChI=1S/C13H16O4/c1-3-4-5-9-6-10-13(17-7-16-10)12(15)11(9)8(2)14/h6,15H,3-5,7H2,1-2H3. The zero-order chi connectivity index (χ0) is 12.4. The van der Waals surface area contributed by atoms with E-state index in [1.165, 1.54) is 6.92 Å². The number of ether oxygens (including phenoxy) is 2. The molecular formula is C13H16O4. The van der Waals surface area contributed by atoms with Crippen molar-refractivity contribution in [3.63, 3.8) is 0 Å². The number of phenolic OH excluding ortho intramolecular Hbond substituents is 1. The summed E-state index contributed by atoms with van der Waals surface area (Å²) in [4.78, 5) is 11.6. The molecule has 0 aliphatic carbocycles. The van der Waals surface area contributed by atoms with Gasteiger partial charge in [-0.2, -0.15) is 0 Å². The number of carbonyl (C=O) groups is 1. The summed E-state index contributed by atoms with van der Waals surface area (Å²) in [5.41, 5.74) is 1.20. The van der Waals surface area contributed by atoms with Gasteiger partial charge in [-0.25, -0.2) is 0 Å². The summed E-state index contributed by atoms with van der Waals surface area (Å²) >= 11 is 0. The van der Waals surface area contributed by atoms with E-state index in [0.717, 1.165) is 24.8 Å². The second kappa shape index (κ2) is 4.65. The number of ketones is 1. The Hall–Kier alpha value is -1.71. The van der Waals surface area contributed by atoms with Gasteiger partial charge in [0.15, 0.2) is 17.3 Å². The zero-order valence-electron chi connectivity index (χ0n) is 10.1. The van der Waals surface area contributed by atoms with Crippen LogP contribution in [0.15, 0.2) is 6.07 Å². The van der Waals surface area contributed by atoms with E-state index in [4.69, 9.17) is 9.47 Å². The van der Waals surface area contributed by atoms with Crippen molar-refractivity contribution in [3.8, 4) is 17.2 Å². The number of unbranched alkanes of at least 4 members (excludes halogenated alkanes) is 1. The van der Waals surface area contributed by atoms with Crippen molar-refractivity contribution in [2.45, 2.75) is 33.1 Å². The number of benzene rings is 1. The third-order valence-electron chi connectivity index (χ3n) is 2.87. The molecule has 92 valence electrons. The van der Waals surface area contributed by atoms with Crippen LogP contribution < -0.4 is 9.47 Å². The molecule has 0 bridgehead atoms. The minimum absolute atomic E-state index is 0.0846. The Bertz CT molecular complexity index is 451. The van der Waals surface area contributed by atoms with Crippen molar-refractivity contribution < 1.29 is 19.4 Å². The van der Waals surface area contributed by atoms with Gasteiger partial charge < -0.3 is 14.6 Å². The molecule has 1 aliphatic rings. The second-order valence-corrected chi connectivity index (χ2v) is 4.15. The van der Waals surface area contributed by atoms with E-state index < -0.39 is 0 Å². The van der Waals surface area contributed by atoms with Gasteiger partial charge in [-0.1, -0.05) is 13.3 Å². The average molecular weight is 236 g/mol. The largest absolute Gasteiger partial charge is 0.504 e. The molecule has 4 heteroatoms. The van der Waals surface area contributed by atoms with E-state index in [-0.39, 0.29) is 24.1 Å². The van der Waals surface area contributed by atoms with E-state index >= 15 is 0 Å². The van der Waals surface area contributed by atoms with Crippen LogP contribution in [0.5, 0.6) is 17.2 Å². The van der Waals surface area contributed by atoms with Crippen LogP contribution in [0.1, 0.15) is 42.6 Å². The van der Waals surface area contributed by atoms with Crippen LogP contribution in [0.25, 0.3) is 0 Å². The molecule has 0 atom stereocenters. The molecule has 1 heterocycles. The minimum atomic E-state index is -0.146. The number of Topliss-reactive ketones (excluding diaryl/α,β-unsaturated/α-hetero) is 1. The van der Waals surface area contributed by atoms with Crippen LogP contribution in [0, 0.1) is 0 Å². The number of phenols is 1. The molecule has 17 heavy (non-hydrogen) atoms. The van der Waals surface area contributed by atoms with Crippen LogP contribution in [-0.2, 0) is 6.42 Å². The predicted molar refractivity (Wildman–Crippen MR) is 62.8 cm³/mol. The highest BCUT2D eigenvalue weighted by molar-refractivity contribution is 5.99. The van der Waals surface area contributed by atoms with Crippen LogP contribution in [-0.4, -0.2) is 17.7 Å². The number of hydrogen-bond acceptors (Lipinski definition) is 4. The summed E-state index contributed by atoms with van der Waals surface area (Å²) < 4.78 is 10.4. The molecule has 0 saturated heterocycles. The topological polar surface area (TPSA) is 55.8 Å². The molecule has 0 saturated carbocycles. The van der Waals surface area contributed by atoms with Gasteiger partial charge in [0.2, 0.25) is 12.5 Å². The van der Waals surface area contributed by atoms with Crippen LogP contribution in [0.3, 0.4) is 0 Å². The molecule has 0 radical (unpaired) electrons. The lowest BCUT2D eigenvalue weighted by atomic mass is 9.97. The number of rotatable bonds is 4. The Morgan fingerprint density at radius 1 is 1.47 bits per heavy atom. The molecule has 0 amide bonds. The fourth-order valence-electron chi connectivity index (χ4n) is 2.03. The fraction of sp³-hybridized carbons (Fsp3) is 0.462. The first kappa shape index (κ1) is 11.8.